The van der Waals surface area contributed by atoms with Crippen molar-refractivity contribution in [3.8, 4) is 5.75 Å². The summed E-state index contributed by atoms with van der Waals surface area (Å²) >= 11 is 0. The number of ether oxygens (including phenoxy) is 2. The summed E-state index contributed by atoms with van der Waals surface area (Å²) in [6, 6.07) is 5.42. The highest BCUT2D eigenvalue weighted by molar-refractivity contribution is 5.91. The van der Waals surface area contributed by atoms with Crippen LogP contribution in [-0.2, 0) is 4.74 Å². The van der Waals surface area contributed by atoms with E-state index in [0.29, 0.717) is 11.4 Å². The van der Waals surface area contributed by atoms with Gasteiger partial charge in [-0.2, -0.15) is 0 Å². The van der Waals surface area contributed by atoms with E-state index >= 15 is 0 Å². The molecule has 0 bridgehead atoms. The summed E-state index contributed by atoms with van der Waals surface area (Å²) in [4.78, 5) is 12.0. The summed E-state index contributed by atoms with van der Waals surface area (Å²) in [6.07, 6.45) is 2.17. The van der Waals surface area contributed by atoms with E-state index in [4.69, 9.17) is 9.47 Å². The van der Waals surface area contributed by atoms with Crippen LogP contribution in [0, 0.1) is 6.92 Å². The molecule has 1 saturated heterocycles. The third kappa shape index (κ3) is 3.63. The van der Waals surface area contributed by atoms with Gasteiger partial charge in [-0.3, -0.25) is 0 Å². The molecule has 2 amide bonds. The van der Waals surface area contributed by atoms with Crippen LogP contribution in [-0.4, -0.2) is 31.9 Å². The average molecular weight is 278 g/mol. The van der Waals surface area contributed by atoms with Crippen LogP contribution in [0.25, 0.3) is 0 Å². The number of benzene rings is 1. The maximum atomic E-state index is 12.0. The van der Waals surface area contributed by atoms with E-state index in [1.165, 1.54) is 0 Å². The largest absolute Gasteiger partial charge is 0.495 e. The van der Waals surface area contributed by atoms with Gasteiger partial charge in [0.1, 0.15) is 5.75 Å². The van der Waals surface area contributed by atoms with E-state index in [1.54, 1.807) is 7.11 Å². The summed E-state index contributed by atoms with van der Waals surface area (Å²) in [5.74, 6) is 0.649. The molecule has 0 aromatic heterocycles. The predicted molar refractivity (Wildman–Crippen MR) is 78.3 cm³/mol. The van der Waals surface area contributed by atoms with Crippen LogP contribution in [0.15, 0.2) is 18.2 Å². The van der Waals surface area contributed by atoms with Gasteiger partial charge >= 0.3 is 6.03 Å². The van der Waals surface area contributed by atoms with E-state index in [2.05, 4.69) is 10.6 Å². The molecule has 1 aromatic rings. The van der Waals surface area contributed by atoms with Crippen molar-refractivity contribution in [2.45, 2.75) is 38.8 Å². The molecule has 2 rings (SSSR count). The number of aryl methyl sites for hydroxylation is 1. The van der Waals surface area contributed by atoms with Gasteiger partial charge in [-0.25, -0.2) is 4.79 Å². The highest BCUT2D eigenvalue weighted by atomic mass is 16.5. The fraction of sp³-hybridized carbons (Fsp3) is 0.533. The topological polar surface area (TPSA) is 59.6 Å². The summed E-state index contributed by atoms with van der Waals surface area (Å²) in [5, 5.41) is 5.74. The molecule has 1 heterocycles. The van der Waals surface area contributed by atoms with Crippen molar-refractivity contribution in [2.24, 2.45) is 0 Å². The number of rotatable bonds is 4. The number of carbonyl (C=O) groups is 1. The number of carbonyl (C=O) groups excluding carboxylic acids is 1. The van der Waals surface area contributed by atoms with E-state index in [-0.39, 0.29) is 18.2 Å². The number of anilines is 1. The number of hydrogen-bond donors (Lipinski definition) is 2. The fourth-order valence-corrected chi connectivity index (χ4v) is 2.37. The SMILES string of the molecule is COc1ccc(C)cc1NC(=O)N[C@@H](C)[C@@H]1CCCO1. The van der Waals surface area contributed by atoms with Gasteiger partial charge in [-0.15, -0.1) is 0 Å². The monoisotopic (exact) mass is 278 g/mol. The molecular formula is C15H22N2O3. The van der Waals surface area contributed by atoms with Crippen LogP contribution in [0.3, 0.4) is 0 Å². The molecule has 0 saturated carbocycles. The van der Waals surface area contributed by atoms with E-state index in [1.807, 2.05) is 32.0 Å². The third-order valence-corrected chi connectivity index (χ3v) is 3.48. The molecule has 1 aromatic carbocycles. The van der Waals surface area contributed by atoms with E-state index in [0.717, 1.165) is 25.0 Å². The first-order valence-electron chi connectivity index (χ1n) is 6.94. The van der Waals surface area contributed by atoms with Crippen LogP contribution >= 0.6 is 0 Å². The van der Waals surface area contributed by atoms with Gasteiger partial charge in [0.05, 0.1) is 24.9 Å². The Bertz CT molecular complexity index is 470. The van der Waals surface area contributed by atoms with Gasteiger partial charge in [0.15, 0.2) is 0 Å². The maximum absolute atomic E-state index is 12.0. The number of hydrogen-bond acceptors (Lipinski definition) is 3. The second-order valence-corrected chi connectivity index (χ2v) is 5.14. The van der Waals surface area contributed by atoms with Crippen LogP contribution in [0.5, 0.6) is 5.75 Å². The zero-order valence-corrected chi connectivity index (χ0v) is 12.2. The molecule has 20 heavy (non-hydrogen) atoms. The summed E-state index contributed by atoms with van der Waals surface area (Å²) in [6.45, 7) is 4.71. The number of nitrogens with one attached hydrogen (secondary N) is 2. The Labute approximate surface area is 119 Å². The van der Waals surface area contributed by atoms with Crippen molar-refractivity contribution >= 4 is 11.7 Å². The summed E-state index contributed by atoms with van der Waals surface area (Å²) in [5.41, 5.74) is 1.73. The maximum Gasteiger partial charge on any atom is 0.319 e. The minimum absolute atomic E-state index is 0.00620. The van der Waals surface area contributed by atoms with Crippen LogP contribution < -0.4 is 15.4 Å². The predicted octanol–water partition coefficient (Wildman–Crippen LogP) is 2.69. The van der Waals surface area contributed by atoms with Crippen molar-refractivity contribution in [1.29, 1.82) is 0 Å². The molecule has 5 nitrogen and oxygen atoms in total. The lowest BCUT2D eigenvalue weighted by Crippen LogP contribution is -2.43. The van der Waals surface area contributed by atoms with Crippen molar-refractivity contribution in [3.05, 3.63) is 23.8 Å². The molecule has 2 atom stereocenters. The standard InChI is InChI=1S/C15H22N2O3/c1-10-6-7-14(19-3)12(9-10)17-15(18)16-11(2)13-5-4-8-20-13/h6-7,9,11,13H,4-5,8H2,1-3H3,(H2,16,17,18)/t11-,13-/m0/s1. The Kier molecular flexibility index (Phi) is 4.84. The molecule has 1 aliphatic rings. The molecule has 110 valence electrons. The Balaban J connectivity index is 1.95. The van der Waals surface area contributed by atoms with Gasteiger partial charge in [-0.1, -0.05) is 6.07 Å². The highest BCUT2D eigenvalue weighted by Crippen LogP contribution is 2.25. The quantitative estimate of drug-likeness (QED) is 0.890. The van der Waals surface area contributed by atoms with Crippen molar-refractivity contribution in [2.75, 3.05) is 19.0 Å². The molecule has 5 heteroatoms. The molecule has 0 spiro atoms. The molecule has 0 radical (unpaired) electrons. The fourth-order valence-electron chi connectivity index (χ4n) is 2.37. The van der Waals surface area contributed by atoms with Gasteiger partial charge < -0.3 is 20.1 Å². The Morgan fingerprint density at radius 3 is 2.95 bits per heavy atom. The molecule has 0 unspecified atom stereocenters. The Morgan fingerprint density at radius 1 is 1.50 bits per heavy atom. The van der Waals surface area contributed by atoms with E-state index < -0.39 is 0 Å². The first-order chi connectivity index (χ1) is 9.60. The number of amides is 2. The van der Waals surface area contributed by atoms with Gasteiger partial charge in [0.25, 0.3) is 0 Å². The zero-order valence-electron chi connectivity index (χ0n) is 12.2. The van der Waals surface area contributed by atoms with Crippen molar-refractivity contribution in [3.63, 3.8) is 0 Å². The lowest BCUT2D eigenvalue weighted by molar-refractivity contribution is 0.0868. The lowest BCUT2D eigenvalue weighted by atomic mass is 10.1. The highest BCUT2D eigenvalue weighted by Gasteiger charge is 2.23. The van der Waals surface area contributed by atoms with Crippen molar-refractivity contribution in [1.82, 2.24) is 5.32 Å². The molecule has 2 N–H and O–H groups in total. The van der Waals surface area contributed by atoms with Crippen molar-refractivity contribution < 1.29 is 14.3 Å². The average Bonchev–Trinajstić information content (AvgIpc) is 2.92. The summed E-state index contributed by atoms with van der Waals surface area (Å²) in [7, 11) is 1.59. The second-order valence-electron chi connectivity index (χ2n) is 5.14. The second kappa shape index (κ2) is 6.61. The molecule has 1 aliphatic heterocycles. The van der Waals surface area contributed by atoms with Gasteiger partial charge in [0.2, 0.25) is 0 Å². The lowest BCUT2D eigenvalue weighted by Gasteiger charge is -2.20. The Morgan fingerprint density at radius 2 is 2.30 bits per heavy atom. The van der Waals surface area contributed by atoms with Gasteiger partial charge in [0, 0.05) is 6.61 Å². The first kappa shape index (κ1) is 14.7. The first-order valence-corrected chi connectivity index (χ1v) is 6.94. The normalized spacial score (nSPS) is 19.4. The molecular weight excluding hydrogens is 256 g/mol. The Hall–Kier alpha value is -1.75. The zero-order chi connectivity index (χ0) is 14.5. The third-order valence-electron chi connectivity index (χ3n) is 3.48. The van der Waals surface area contributed by atoms with Gasteiger partial charge in [-0.05, 0) is 44.4 Å². The minimum Gasteiger partial charge on any atom is -0.495 e. The smallest absolute Gasteiger partial charge is 0.319 e. The number of methoxy groups -OCH3 is 1. The van der Waals surface area contributed by atoms with Crippen LogP contribution in [0.4, 0.5) is 10.5 Å². The molecule has 1 fully saturated rings. The van der Waals surface area contributed by atoms with E-state index in [9.17, 15) is 4.79 Å². The molecule has 0 aliphatic carbocycles. The number of urea groups is 1. The van der Waals surface area contributed by atoms with Crippen LogP contribution in [0.2, 0.25) is 0 Å². The summed E-state index contributed by atoms with van der Waals surface area (Å²) < 4.78 is 10.8. The van der Waals surface area contributed by atoms with Crippen LogP contribution in [0.1, 0.15) is 25.3 Å². The minimum atomic E-state index is -0.239.